The molecular formula is C18H22F2N4O. The molecule has 1 aliphatic rings. The Morgan fingerprint density at radius 2 is 1.92 bits per heavy atom. The number of aromatic nitrogens is 2. The van der Waals surface area contributed by atoms with Gasteiger partial charge in [-0.25, -0.2) is 13.6 Å². The van der Waals surface area contributed by atoms with Crippen molar-refractivity contribution in [1.29, 1.82) is 0 Å². The molecule has 0 spiro atoms. The minimum atomic E-state index is -2.69. The number of carbonyl (C=O) groups excluding carboxylic acids is 1. The Balaban J connectivity index is 1.52. The summed E-state index contributed by atoms with van der Waals surface area (Å²) in [5, 5.41) is 9.04. The first kappa shape index (κ1) is 17.4. The number of hydrogen-bond donors (Lipinski definition) is 2. The summed E-state index contributed by atoms with van der Waals surface area (Å²) < 4.78 is 27.1. The van der Waals surface area contributed by atoms with Crippen LogP contribution in [0, 0.1) is 5.92 Å². The van der Waals surface area contributed by atoms with Gasteiger partial charge in [-0.3, -0.25) is 4.68 Å². The first-order valence-corrected chi connectivity index (χ1v) is 8.46. The smallest absolute Gasteiger partial charge is 0.319 e. The van der Waals surface area contributed by atoms with E-state index in [0.717, 1.165) is 30.4 Å². The van der Waals surface area contributed by atoms with Crippen LogP contribution in [0.3, 0.4) is 0 Å². The number of benzene rings is 1. The van der Waals surface area contributed by atoms with Gasteiger partial charge in [-0.15, -0.1) is 0 Å². The van der Waals surface area contributed by atoms with Crippen LogP contribution < -0.4 is 10.6 Å². The van der Waals surface area contributed by atoms with Crippen LogP contribution >= 0.6 is 0 Å². The van der Waals surface area contributed by atoms with E-state index < -0.39 is 12.5 Å². The second-order valence-electron chi connectivity index (χ2n) is 6.41. The van der Waals surface area contributed by atoms with E-state index in [1.807, 2.05) is 0 Å². The number of hydrogen-bond acceptors (Lipinski definition) is 2. The van der Waals surface area contributed by atoms with Crippen LogP contribution in [-0.2, 0) is 19.9 Å². The molecule has 5 nitrogen and oxygen atoms in total. The highest BCUT2D eigenvalue weighted by Gasteiger charge is 2.21. The molecule has 1 aromatic carbocycles. The van der Waals surface area contributed by atoms with Crippen molar-refractivity contribution in [3.63, 3.8) is 0 Å². The van der Waals surface area contributed by atoms with Gasteiger partial charge in [-0.2, -0.15) is 5.10 Å². The molecular weight excluding hydrogens is 326 g/mol. The Labute approximate surface area is 145 Å². The van der Waals surface area contributed by atoms with Gasteiger partial charge in [0, 0.05) is 13.6 Å². The molecule has 1 heterocycles. The van der Waals surface area contributed by atoms with E-state index in [-0.39, 0.29) is 11.4 Å². The van der Waals surface area contributed by atoms with E-state index in [0.29, 0.717) is 12.5 Å². The fourth-order valence-corrected chi connectivity index (χ4v) is 3.32. The SMILES string of the molecule is Cn1ncc(NC(=O)NCC2CCc3ccccc3CC2)c1C(F)F. The van der Waals surface area contributed by atoms with Crippen molar-refractivity contribution in [2.75, 3.05) is 11.9 Å². The molecule has 7 heteroatoms. The van der Waals surface area contributed by atoms with E-state index in [1.165, 1.54) is 24.4 Å². The normalized spacial score (nSPS) is 14.9. The van der Waals surface area contributed by atoms with Crippen LogP contribution in [0.2, 0.25) is 0 Å². The van der Waals surface area contributed by atoms with Gasteiger partial charge in [0.15, 0.2) is 0 Å². The number of alkyl halides is 2. The Kier molecular flexibility index (Phi) is 5.31. The zero-order valence-corrected chi connectivity index (χ0v) is 14.1. The lowest BCUT2D eigenvalue weighted by atomic mass is 10.00. The van der Waals surface area contributed by atoms with Crippen molar-refractivity contribution in [1.82, 2.24) is 15.1 Å². The summed E-state index contributed by atoms with van der Waals surface area (Å²) in [7, 11) is 1.42. The van der Waals surface area contributed by atoms with Crippen molar-refractivity contribution in [3.05, 3.63) is 47.3 Å². The first-order chi connectivity index (χ1) is 12.0. The van der Waals surface area contributed by atoms with Gasteiger partial charge in [0.2, 0.25) is 0 Å². The number of aryl methyl sites for hydroxylation is 3. The van der Waals surface area contributed by atoms with Gasteiger partial charge < -0.3 is 10.6 Å². The third kappa shape index (κ3) is 4.15. The lowest BCUT2D eigenvalue weighted by Crippen LogP contribution is -2.33. The lowest BCUT2D eigenvalue weighted by molar-refractivity contribution is 0.141. The fourth-order valence-electron chi connectivity index (χ4n) is 3.32. The van der Waals surface area contributed by atoms with Gasteiger partial charge in [0.25, 0.3) is 6.43 Å². The Morgan fingerprint density at radius 1 is 1.28 bits per heavy atom. The first-order valence-electron chi connectivity index (χ1n) is 8.46. The molecule has 0 bridgehead atoms. The quantitative estimate of drug-likeness (QED) is 0.828. The number of halogens is 2. The standard InChI is InChI=1S/C18H22F2N4O/c1-24-16(17(19)20)15(11-22-24)23-18(25)21-10-12-6-8-13-4-2-3-5-14(13)9-7-12/h2-5,11-12,17H,6-10H2,1H3,(H2,21,23,25). The van der Waals surface area contributed by atoms with Gasteiger partial charge in [-0.05, 0) is 42.7 Å². The summed E-state index contributed by atoms with van der Waals surface area (Å²) in [6, 6.07) is 7.95. The summed E-state index contributed by atoms with van der Waals surface area (Å²) in [5.74, 6) is 0.376. The van der Waals surface area contributed by atoms with Gasteiger partial charge in [-0.1, -0.05) is 24.3 Å². The van der Waals surface area contributed by atoms with Crippen molar-refractivity contribution in [2.45, 2.75) is 32.1 Å². The molecule has 134 valence electrons. The minimum Gasteiger partial charge on any atom is -0.338 e. The Hall–Kier alpha value is -2.44. The molecule has 25 heavy (non-hydrogen) atoms. The molecule has 0 fully saturated rings. The van der Waals surface area contributed by atoms with Crippen LogP contribution in [0.1, 0.15) is 36.1 Å². The highest BCUT2D eigenvalue weighted by Crippen LogP contribution is 2.26. The van der Waals surface area contributed by atoms with Crippen molar-refractivity contribution in [2.24, 2.45) is 13.0 Å². The van der Waals surface area contributed by atoms with Crippen molar-refractivity contribution in [3.8, 4) is 0 Å². The Bertz CT molecular complexity index is 717. The molecule has 1 aliphatic carbocycles. The second-order valence-corrected chi connectivity index (χ2v) is 6.41. The van der Waals surface area contributed by atoms with Crippen LogP contribution in [0.15, 0.2) is 30.5 Å². The van der Waals surface area contributed by atoms with Gasteiger partial charge in [0.05, 0.1) is 11.9 Å². The molecule has 0 radical (unpaired) electrons. The number of fused-ring (bicyclic) bond motifs is 1. The number of urea groups is 1. The molecule has 0 saturated carbocycles. The fraction of sp³-hybridized carbons (Fsp3) is 0.444. The predicted octanol–water partition coefficient (Wildman–Crippen LogP) is 3.67. The monoisotopic (exact) mass is 348 g/mol. The predicted molar refractivity (Wildman–Crippen MR) is 91.8 cm³/mol. The summed E-state index contributed by atoms with van der Waals surface area (Å²) in [5.41, 5.74) is 2.51. The summed E-state index contributed by atoms with van der Waals surface area (Å²) in [6.45, 7) is 0.532. The number of nitrogens with one attached hydrogen (secondary N) is 2. The molecule has 0 aliphatic heterocycles. The molecule has 0 atom stereocenters. The molecule has 2 aromatic rings. The molecule has 2 N–H and O–H groups in total. The molecule has 2 amide bonds. The van der Waals surface area contributed by atoms with Crippen molar-refractivity contribution >= 4 is 11.7 Å². The number of nitrogens with zero attached hydrogens (tertiary/aromatic N) is 2. The van der Waals surface area contributed by atoms with E-state index in [4.69, 9.17) is 0 Å². The van der Waals surface area contributed by atoms with Crippen molar-refractivity contribution < 1.29 is 13.6 Å². The zero-order valence-electron chi connectivity index (χ0n) is 14.1. The summed E-state index contributed by atoms with van der Waals surface area (Å²) >= 11 is 0. The van der Waals surface area contributed by atoms with Crippen LogP contribution in [0.25, 0.3) is 0 Å². The second kappa shape index (κ2) is 7.63. The van der Waals surface area contributed by atoms with E-state index in [1.54, 1.807) is 0 Å². The van der Waals surface area contributed by atoms with Gasteiger partial charge in [0.1, 0.15) is 5.69 Å². The molecule has 1 aromatic heterocycles. The molecule has 0 saturated heterocycles. The number of rotatable bonds is 4. The maximum absolute atomic E-state index is 13.0. The topological polar surface area (TPSA) is 59.0 Å². The van der Waals surface area contributed by atoms with E-state index >= 15 is 0 Å². The van der Waals surface area contributed by atoms with E-state index in [9.17, 15) is 13.6 Å². The zero-order chi connectivity index (χ0) is 17.8. The Morgan fingerprint density at radius 3 is 2.52 bits per heavy atom. The van der Waals surface area contributed by atoms with E-state index in [2.05, 4.69) is 40.0 Å². The molecule has 0 unspecified atom stereocenters. The average molecular weight is 348 g/mol. The average Bonchev–Trinajstić information content (AvgIpc) is 2.83. The van der Waals surface area contributed by atoms with Crippen LogP contribution in [0.5, 0.6) is 0 Å². The summed E-state index contributed by atoms with van der Waals surface area (Å²) in [4.78, 5) is 12.0. The maximum atomic E-state index is 13.0. The minimum absolute atomic E-state index is 0.0447. The third-order valence-electron chi connectivity index (χ3n) is 4.75. The largest absolute Gasteiger partial charge is 0.338 e. The highest BCUT2D eigenvalue weighted by atomic mass is 19.3. The molecule has 3 rings (SSSR count). The number of carbonyl (C=O) groups is 1. The third-order valence-corrected chi connectivity index (χ3v) is 4.75. The van der Waals surface area contributed by atoms with Crippen LogP contribution in [-0.4, -0.2) is 22.4 Å². The highest BCUT2D eigenvalue weighted by molar-refractivity contribution is 5.89. The van der Waals surface area contributed by atoms with Gasteiger partial charge >= 0.3 is 6.03 Å². The van der Waals surface area contributed by atoms with Crippen LogP contribution in [0.4, 0.5) is 19.3 Å². The lowest BCUT2D eigenvalue weighted by Gasteiger charge is -2.15. The summed E-state index contributed by atoms with van der Waals surface area (Å²) in [6.07, 6.45) is 2.57. The maximum Gasteiger partial charge on any atom is 0.319 e. The number of anilines is 1. The number of amides is 2.